The van der Waals surface area contributed by atoms with Crippen LogP contribution in [0.2, 0.25) is 0 Å². The monoisotopic (exact) mass is 465 g/mol. The largest absolute Gasteiger partial charge is 0.437 e. The number of hydrogen-bond acceptors (Lipinski definition) is 6. The van der Waals surface area contributed by atoms with E-state index in [0.29, 0.717) is 16.8 Å². The van der Waals surface area contributed by atoms with E-state index in [2.05, 4.69) is 9.97 Å². The Hall–Kier alpha value is -4.28. The van der Waals surface area contributed by atoms with E-state index in [4.69, 9.17) is 4.74 Å². The van der Waals surface area contributed by atoms with Crippen LogP contribution in [0.3, 0.4) is 0 Å². The summed E-state index contributed by atoms with van der Waals surface area (Å²) in [6, 6.07) is 28.7. The predicted molar refractivity (Wildman–Crippen MR) is 130 cm³/mol. The zero-order valence-electron chi connectivity index (χ0n) is 18.2. The van der Waals surface area contributed by atoms with Crippen molar-refractivity contribution >= 4 is 31.6 Å². The third-order valence-corrected chi connectivity index (χ3v) is 7.40. The summed E-state index contributed by atoms with van der Waals surface area (Å²) in [4.78, 5) is 9.10. The number of sulfone groups is 1. The number of para-hydroxylation sites is 2. The summed E-state index contributed by atoms with van der Waals surface area (Å²) >= 11 is 0. The van der Waals surface area contributed by atoms with Crippen molar-refractivity contribution in [2.75, 3.05) is 0 Å². The second-order valence-corrected chi connectivity index (χ2v) is 9.91. The molecule has 34 heavy (non-hydrogen) atoms. The van der Waals surface area contributed by atoms with Crippen LogP contribution in [0.4, 0.5) is 0 Å². The van der Waals surface area contributed by atoms with E-state index in [-0.39, 0.29) is 16.5 Å². The van der Waals surface area contributed by atoms with Crippen LogP contribution in [-0.4, -0.2) is 18.4 Å². The van der Waals surface area contributed by atoms with Crippen molar-refractivity contribution in [3.05, 3.63) is 102 Å². The van der Waals surface area contributed by atoms with Crippen molar-refractivity contribution in [2.24, 2.45) is 0 Å². The van der Waals surface area contributed by atoms with Crippen molar-refractivity contribution < 1.29 is 13.2 Å². The van der Waals surface area contributed by atoms with Gasteiger partial charge in [0.25, 0.3) is 0 Å². The second-order valence-electron chi connectivity index (χ2n) is 7.88. The number of benzene rings is 4. The Balaban J connectivity index is 1.66. The molecule has 0 aliphatic rings. The van der Waals surface area contributed by atoms with Crippen LogP contribution in [0.5, 0.6) is 11.6 Å². The average molecular weight is 466 g/mol. The molecule has 4 aromatic carbocycles. The normalized spacial score (nSPS) is 12.4. The Kier molecular flexibility index (Phi) is 5.44. The van der Waals surface area contributed by atoms with E-state index in [1.807, 2.05) is 49.4 Å². The first-order valence-corrected chi connectivity index (χ1v) is 12.1. The first-order chi connectivity index (χ1) is 16.5. The van der Waals surface area contributed by atoms with Gasteiger partial charge in [0.1, 0.15) is 11.4 Å². The average Bonchev–Trinajstić information content (AvgIpc) is 2.85. The van der Waals surface area contributed by atoms with Crippen LogP contribution >= 0.6 is 0 Å². The highest BCUT2D eigenvalue weighted by Crippen LogP contribution is 2.36. The van der Waals surface area contributed by atoms with E-state index in [1.54, 1.807) is 42.5 Å². The molecule has 0 saturated carbocycles. The van der Waals surface area contributed by atoms with Crippen molar-refractivity contribution in [1.82, 2.24) is 9.97 Å². The van der Waals surface area contributed by atoms with Crippen molar-refractivity contribution in [2.45, 2.75) is 17.1 Å². The van der Waals surface area contributed by atoms with E-state index < -0.39 is 15.1 Å². The van der Waals surface area contributed by atoms with E-state index in [1.165, 1.54) is 12.1 Å². The molecule has 6 nitrogen and oxygen atoms in total. The minimum Gasteiger partial charge on any atom is -0.437 e. The zero-order chi connectivity index (χ0) is 23.7. The van der Waals surface area contributed by atoms with E-state index >= 15 is 0 Å². The molecule has 5 aromatic rings. The number of nitrogens with zero attached hydrogens (tertiary/aromatic N) is 3. The molecule has 0 aliphatic heterocycles. The third-order valence-electron chi connectivity index (χ3n) is 5.52. The molecule has 7 heteroatoms. The highest BCUT2D eigenvalue weighted by molar-refractivity contribution is 7.92. The van der Waals surface area contributed by atoms with Crippen molar-refractivity contribution in [1.29, 1.82) is 5.26 Å². The van der Waals surface area contributed by atoms with Gasteiger partial charge in [-0.1, -0.05) is 60.2 Å². The molecule has 0 saturated heterocycles. The maximum absolute atomic E-state index is 13.4. The van der Waals surface area contributed by atoms with Gasteiger partial charge < -0.3 is 4.74 Å². The standard InChI is InChI=1S/C27H19N3O3S/c1-18-10-14-22(15-11-18)34(31,32)25(17-28)26-27(30-24-9-5-4-8-23(24)29-26)33-21-13-12-19-6-2-3-7-20(19)16-21/h2-16,25H,1H3. The van der Waals surface area contributed by atoms with Gasteiger partial charge in [-0.25, -0.2) is 18.4 Å². The van der Waals surface area contributed by atoms with E-state index in [0.717, 1.165) is 16.3 Å². The summed E-state index contributed by atoms with van der Waals surface area (Å²) in [6.07, 6.45) is 0. The number of ether oxygens (including phenoxy) is 1. The molecule has 1 unspecified atom stereocenters. The highest BCUT2D eigenvalue weighted by Gasteiger charge is 2.34. The fourth-order valence-corrected chi connectivity index (χ4v) is 5.10. The van der Waals surface area contributed by atoms with Crippen LogP contribution in [0, 0.1) is 18.3 Å². The smallest absolute Gasteiger partial charge is 0.244 e. The molecule has 0 amide bonds. The van der Waals surface area contributed by atoms with Gasteiger partial charge in [0, 0.05) is 0 Å². The molecule has 0 N–H and O–H groups in total. The molecule has 0 aliphatic carbocycles. The van der Waals surface area contributed by atoms with Crippen LogP contribution in [-0.2, 0) is 9.84 Å². The lowest BCUT2D eigenvalue weighted by Gasteiger charge is -2.15. The Bertz CT molecular complexity index is 1670. The Morgan fingerprint density at radius 1 is 0.824 bits per heavy atom. The van der Waals surface area contributed by atoms with Gasteiger partial charge in [0.15, 0.2) is 5.25 Å². The van der Waals surface area contributed by atoms with Gasteiger partial charge in [0.2, 0.25) is 15.7 Å². The number of fused-ring (bicyclic) bond motifs is 2. The first-order valence-electron chi connectivity index (χ1n) is 10.6. The lowest BCUT2D eigenvalue weighted by atomic mass is 10.1. The molecule has 5 rings (SSSR count). The van der Waals surface area contributed by atoms with Gasteiger partial charge in [-0.05, 0) is 54.1 Å². The van der Waals surface area contributed by atoms with E-state index in [9.17, 15) is 13.7 Å². The van der Waals surface area contributed by atoms with Gasteiger partial charge >= 0.3 is 0 Å². The van der Waals surface area contributed by atoms with Gasteiger partial charge in [-0.2, -0.15) is 5.26 Å². The summed E-state index contributed by atoms with van der Waals surface area (Å²) < 4.78 is 33.0. The lowest BCUT2D eigenvalue weighted by Crippen LogP contribution is -2.15. The highest BCUT2D eigenvalue weighted by atomic mass is 32.2. The minimum atomic E-state index is -4.08. The molecule has 0 bridgehead atoms. The summed E-state index contributed by atoms with van der Waals surface area (Å²) in [5.41, 5.74) is 1.88. The predicted octanol–water partition coefficient (Wildman–Crippen LogP) is 5.92. The quantitative estimate of drug-likeness (QED) is 0.320. The third kappa shape index (κ3) is 3.96. The Morgan fingerprint density at radius 2 is 1.47 bits per heavy atom. The Morgan fingerprint density at radius 3 is 2.18 bits per heavy atom. The topological polar surface area (TPSA) is 92.9 Å². The molecule has 166 valence electrons. The van der Waals surface area contributed by atoms with Crippen molar-refractivity contribution in [3.63, 3.8) is 0 Å². The van der Waals surface area contributed by atoms with Crippen molar-refractivity contribution in [3.8, 4) is 17.7 Å². The zero-order valence-corrected chi connectivity index (χ0v) is 19.0. The number of nitriles is 1. The van der Waals surface area contributed by atoms with Gasteiger partial charge in [-0.3, -0.25) is 0 Å². The first kappa shape index (κ1) is 21.6. The summed E-state index contributed by atoms with van der Waals surface area (Å²) in [5, 5.41) is 10.4. The van der Waals surface area contributed by atoms with Crippen LogP contribution in [0.25, 0.3) is 21.8 Å². The molecule has 0 spiro atoms. The molecule has 1 aromatic heterocycles. The second kappa shape index (κ2) is 8.58. The minimum absolute atomic E-state index is 0.0174. The maximum atomic E-state index is 13.4. The fourth-order valence-electron chi connectivity index (χ4n) is 3.73. The van der Waals surface area contributed by atoms with Gasteiger partial charge in [0.05, 0.1) is 22.0 Å². The molecule has 1 heterocycles. The maximum Gasteiger partial charge on any atom is 0.244 e. The molecule has 0 radical (unpaired) electrons. The lowest BCUT2D eigenvalue weighted by molar-refractivity contribution is 0.456. The van der Waals surface area contributed by atoms with Crippen LogP contribution in [0.1, 0.15) is 16.5 Å². The SMILES string of the molecule is Cc1ccc(S(=O)(=O)C(C#N)c2nc3ccccc3nc2Oc2ccc3ccccc3c2)cc1. The fraction of sp³-hybridized carbons (Fsp3) is 0.0741. The molecular formula is C27H19N3O3S. The molecule has 0 fully saturated rings. The van der Waals surface area contributed by atoms with Crippen LogP contribution < -0.4 is 4.74 Å². The summed E-state index contributed by atoms with van der Waals surface area (Å²) in [7, 11) is -4.08. The number of aryl methyl sites for hydroxylation is 1. The number of hydrogen-bond donors (Lipinski definition) is 0. The Labute approximate surface area is 197 Å². The number of rotatable bonds is 5. The number of aromatic nitrogens is 2. The molecular weight excluding hydrogens is 446 g/mol. The molecule has 1 atom stereocenters. The van der Waals surface area contributed by atoms with Gasteiger partial charge in [-0.15, -0.1) is 0 Å². The summed E-state index contributed by atoms with van der Waals surface area (Å²) in [5.74, 6) is 0.449. The summed E-state index contributed by atoms with van der Waals surface area (Å²) in [6.45, 7) is 1.86. The van der Waals surface area contributed by atoms with Crippen LogP contribution in [0.15, 0.2) is 95.9 Å².